The second-order valence-electron chi connectivity index (χ2n) is 7.69. The van der Waals surface area contributed by atoms with E-state index in [4.69, 9.17) is 5.73 Å². The highest BCUT2D eigenvalue weighted by Crippen LogP contribution is 2.65. The second kappa shape index (κ2) is 4.31. The molecule has 0 saturated heterocycles. The van der Waals surface area contributed by atoms with Crippen LogP contribution in [0.2, 0.25) is 0 Å². The number of primary amides is 1. The van der Waals surface area contributed by atoms with Gasteiger partial charge in [-0.2, -0.15) is 0 Å². The summed E-state index contributed by atoms with van der Waals surface area (Å²) < 4.78 is 0. The third kappa shape index (κ3) is 1.81. The van der Waals surface area contributed by atoms with E-state index in [9.17, 15) is 14.9 Å². The van der Waals surface area contributed by atoms with Crippen molar-refractivity contribution in [1.82, 2.24) is 0 Å². The molecule has 4 saturated carbocycles. The number of nitrogens with two attached hydrogens (primary N) is 1. The zero-order valence-corrected chi connectivity index (χ0v) is 12.5. The fourth-order valence-corrected chi connectivity index (χ4v) is 5.83. The van der Waals surface area contributed by atoms with Gasteiger partial charge in [0.1, 0.15) is 0 Å². The first kappa shape index (κ1) is 13.7. The average molecular weight is 300 g/mol. The highest BCUT2D eigenvalue weighted by Gasteiger charge is 2.60. The molecular weight excluding hydrogens is 280 g/mol. The number of rotatable bonds is 3. The lowest BCUT2D eigenvalue weighted by atomic mass is 9.42. The van der Waals surface area contributed by atoms with Crippen LogP contribution >= 0.6 is 0 Å². The largest absolute Gasteiger partial charge is 0.369 e. The van der Waals surface area contributed by atoms with Crippen LogP contribution in [0.1, 0.15) is 44.1 Å². The standard InChI is InChI=1S/C17H20N2O3/c18-15(20)17-8-11-5-12(9-17)7-16(6-11,10-17)13-1-3-14(4-2-13)19(21)22/h1-4,11-12H,5-10H2,(H2,18,20)/t11-,12+,16?,17?. The Morgan fingerprint density at radius 2 is 1.73 bits per heavy atom. The van der Waals surface area contributed by atoms with Crippen LogP contribution in [0.5, 0.6) is 0 Å². The molecule has 1 aromatic carbocycles. The summed E-state index contributed by atoms with van der Waals surface area (Å²) in [6.45, 7) is 0. The molecule has 0 aliphatic heterocycles. The van der Waals surface area contributed by atoms with Crippen molar-refractivity contribution in [1.29, 1.82) is 0 Å². The van der Waals surface area contributed by atoms with E-state index in [0.29, 0.717) is 11.8 Å². The Morgan fingerprint density at radius 1 is 1.14 bits per heavy atom. The number of nitro groups is 1. The number of hydrogen-bond donors (Lipinski definition) is 1. The summed E-state index contributed by atoms with van der Waals surface area (Å²) in [5, 5.41) is 10.8. The van der Waals surface area contributed by atoms with Crippen molar-refractivity contribution in [3.8, 4) is 0 Å². The minimum absolute atomic E-state index is 0.00571. The van der Waals surface area contributed by atoms with Gasteiger partial charge in [-0.25, -0.2) is 0 Å². The van der Waals surface area contributed by atoms with Crippen molar-refractivity contribution in [2.45, 2.75) is 43.9 Å². The number of benzene rings is 1. The second-order valence-corrected chi connectivity index (χ2v) is 7.69. The molecule has 5 heteroatoms. The summed E-state index contributed by atoms with van der Waals surface area (Å²) in [5.41, 5.74) is 6.69. The van der Waals surface area contributed by atoms with E-state index in [0.717, 1.165) is 37.7 Å². The maximum absolute atomic E-state index is 12.1. The zero-order chi connectivity index (χ0) is 15.5. The average Bonchev–Trinajstić information content (AvgIpc) is 2.46. The van der Waals surface area contributed by atoms with Crippen molar-refractivity contribution in [3.63, 3.8) is 0 Å². The van der Waals surface area contributed by atoms with Crippen LogP contribution in [-0.2, 0) is 10.2 Å². The number of nitro benzene ring substituents is 1. The Bertz CT molecular complexity index is 638. The molecule has 0 radical (unpaired) electrons. The van der Waals surface area contributed by atoms with Gasteiger partial charge in [0.05, 0.1) is 10.3 Å². The minimum atomic E-state index is -0.367. The first-order valence-corrected chi connectivity index (χ1v) is 7.97. The van der Waals surface area contributed by atoms with Gasteiger partial charge in [-0.15, -0.1) is 0 Å². The molecule has 0 spiro atoms. The lowest BCUT2D eigenvalue weighted by molar-refractivity contribution is -0.384. The Balaban J connectivity index is 1.74. The Morgan fingerprint density at radius 3 is 2.23 bits per heavy atom. The molecule has 1 aromatic rings. The van der Waals surface area contributed by atoms with Crippen LogP contribution in [0.15, 0.2) is 24.3 Å². The molecule has 4 fully saturated rings. The predicted molar refractivity (Wildman–Crippen MR) is 81.1 cm³/mol. The van der Waals surface area contributed by atoms with Crippen molar-refractivity contribution in [2.75, 3.05) is 0 Å². The summed E-state index contributed by atoms with van der Waals surface area (Å²) in [6.07, 6.45) is 6.09. The molecule has 5 rings (SSSR count). The number of nitrogens with zero attached hydrogens (tertiary/aromatic N) is 1. The summed E-state index contributed by atoms with van der Waals surface area (Å²) in [4.78, 5) is 22.6. The molecule has 2 N–H and O–H groups in total. The first-order chi connectivity index (χ1) is 10.4. The molecule has 4 aliphatic rings. The zero-order valence-electron chi connectivity index (χ0n) is 12.5. The highest BCUT2D eigenvalue weighted by atomic mass is 16.6. The van der Waals surface area contributed by atoms with Crippen LogP contribution in [0.4, 0.5) is 5.69 Å². The highest BCUT2D eigenvalue weighted by molar-refractivity contribution is 5.81. The molecule has 22 heavy (non-hydrogen) atoms. The van der Waals surface area contributed by atoms with Crippen molar-refractivity contribution in [2.24, 2.45) is 23.0 Å². The maximum Gasteiger partial charge on any atom is 0.269 e. The molecule has 0 heterocycles. The molecule has 0 aromatic heterocycles. The van der Waals surface area contributed by atoms with Gasteiger partial charge in [0.15, 0.2) is 0 Å². The number of amides is 1. The quantitative estimate of drug-likeness (QED) is 0.687. The van der Waals surface area contributed by atoms with Crippen molar-refractivity contribution < 1.29 is 9.72 Å². The number of carbonyl (C=O) groups is 1. The fraction of sp³-hybridized carbons (Fsp3) is 0.588. The van der Waals surface area contributed by atoms with Gasteiger partial charge in [0, 0.05) is 12.1 Å². The van der Waals surface area contributed by atoms with E-state index in [2.05, 4.69) is 0 Å². The first-order valence-electron chi connectivity index (χ1n) is 7.97. The molecule has 5 nitrogen and oxygen atoms in total. The summed E-state index contributed by atoms with van der Waals surface area (Å²) in [6, 6.07) is 6.95. The van der Waals surface area contributed by atoms with Crippen LogP contribution in [0.25, 0.3) is 0 Å². The number of non-ortho nitro benzene ring substituents is 1. The summed E-state index contributed by atoms with van der Waals surface area (Å²) >= 11 is 0. The predicted octanol–water partition coefficient (Wildman–Crippen LogP) is 2.92. The third-order valence-corrected chi connectivity index (χ3v) is 6.27. The van der Waals surface area contributed by atoms with Crippen molar-refractivity contribution in [3.05, 3.63) is 39.9 Å². The summed E-state index contributed by atoms with van der Waals surface area (Å²) in [7, 11) is 0. The van der Waals surface area contributed by atoms with E-state index in [1.807, 2.05) is 12.1 Å². The Kier molecular flexibility index (Phi) is 2.69. The molecule has 4 aliphatic carbocycles. The van der Waals surface area contributed by atoms with Gasteiger partial charge in [0.2, 0.25) is 5.91 Å². The van der Waals surface area contributed by atoms with Gasteiger partial charge in [-0.05, 0) is 61.3 Å². The normalized spacial score (nSPS) is 38.9. The van der Waals surface area contributed by atoms with E-state index in [1.165, 1.54) is 6.42 Å². The molecule has 1 amide bonds. The van der Waals surface area contributed by atoms with Gasteiger partial charge in [-0.3, -0.25) is 14.9 Å². The SMILES string of the molecule is NC(=O)C12C[C@H]3C[C@@H](C1)CC(c1ccc([N+](=O)[O-])cc1)(C3)C2. The van der Waals surface area contributed by atoms with Crippen molar-refractivity contribution >= 4 is 11.6 Å². The Labute approximate surface area is 129 Å². The minimum Gasteiger partial charge on any atom is -0.369 e. The molecular formula is C17H20N2O3. The molecule has 4 atom stereocenters. The van der Waals surface area contributed by atoms with Crippen LogP contribution < -0.4 is 5.73 Å². The summed E-state index contributed by atoms with van der Waals surface area (Å²) in [5.74, 6) is 1.00. The van der Waals surface area contributed by atoms with Crippen LogP contribution in [0.3, 0.4) is 0 Å². The monoisotopic (exact) mass is 300 g/mol. The molecule has 116 valence electrons. The van der Waals surface area contributed by atoms with Gasteiger partial charge in [0.25, 0.3) is 5.69 Å². The van der Waals surface area contributed by atoms with Crippen LogP contribution in [0, 0.1) is 27.4 Å². The topological polar surface area (TPSA) is 86.2 Å². The number of carbonyl (C=O) groups excluding carboxylic acids is 1. The van der Waals surface area contributed by atoms with E-state index in [1.54, 1.807) is 12.1 Å². The third-order valence-electron chi connectivity index (χ3n) is 6.27. The molecule has 2 unspecified atom stereocenters. The lowest BCUT2D eigenvalue weighted by Crippen LogP contribution is -2.58. The van der Waals surface area contributed by atoms with E-state index in [-0.39, 0.29) is 27.3 Å². The van der Waals surface area contributed by atoms with Gasteiger partial charge in [-0.1, -0.05) is 12.1 Å². The molecule has 4 bridgehead atoms. The fourth-order valence-electron chi connectivity index (χ4n) is 5.83. The maximum atomic E-state index is 12.1. The van der Waals surface area contributed by atoms with Crippen LogP contribution in [-0.4, -0.2) is 10.8 Å². The Hall–Kier alpha value is -1.91. The lowest BCUT2D eigenvalue weighted by Gasteiger charge is -2.61. The van der Waals surface area contributed by atoms with E-state index < -0.39 is 0 Å². The van der Waals surface area contributed by atoms with E-state index >= 15 is 0 Å². The van der Waals surface area contributed by atoms with Gasteiger partial charge >= 0.3 is 0 Å². The van der Waals surface area contributed by atoms with Gasteiger partial charge < -0.3 is 5.73 Å². The smallest absolute Gasteiger partial charge is 0.269 e. The number of hydrogen-bond acceptors (Lipinski definition) is 3.